The first-order valence-electron chi connectivity index (χ1n) is 7.12. The summed E-state index contributed by atoms with van der Waals surface area (Å²) >= 11 is 0. The molecule has 1 atom stereocenters. The number of benzene rings is 1. The highest BCUT2D eigenvalue weighted by Crippen LogP contribution is 2.30. The van der Waals surface area contributed by atoms with Gasteiger partial charge in [0.25, 0.3) is 0 Å². The summed E-state index contributed by atoms with van der Waals surface area (Å²) in [6, 6.07) is 15.0. The lowest BCUT2D eigenvalue weighted by Crippen LogP contribution is -2.24. The van der Waals surface area contributed by atoms with Crippen molar-refractivity contribution in [1.82, 2.24) is 10.3 Å². The molecule has 98 valence electrons. The minimum absolute atomic E-state index is 0.661. The molecule has 2 aromatic rings. The molecule has 3 rings (SSSR count). The third kappa shape index (κ3) is 3.02. The summed E-state index contributed by atoms with van der Waals surface area (Å²) in [5.41, 5.74) is 4.20. The summed E-state index contributed by atoms with van der Waals surface area (Å²) in [5.74, 6) is 0.661. The monoisotopic (exact) mass is 252 g/mol. The number of hydrogen-bond donors (Lipinski definition) is 1. The zero-order chi connectivity index (χ0) is 12.9. The van der Waals surface area contributed by atoms with Gasteiger partial charge in [-0.2, -0.15) is 0 Å². The van der Waals surface area contributed by atoms with Crippen LogP contribution in [0.1, 0.15) is 35.6 Å². The summed E-state index contributed by atoms with van der Waals surface area (Å²) in [6.07, 6.45) is 5.71. The SMILES string of the molecule is c1ccc(CNCC2CCCc3ccccc32)nc1. The summed E-state index contributed by atoms with van der Waals surface area (Å²) in [4.78, 5) is 4.34. The Morgan fingerprint density at radius 3 is 2.89 bits per heavy atom. The van der Waals surface area contributed by atoms with Gasteiger partial charge in [0, 0.05) is 19.3 Å². The molecule has 1 aromatic heterocycles. The average Bonchev–Trinajstić information content (AvgIpc) is 2.49. The normalized spacial score (nSPS) is 18.0. The van der Waals surface area contributed by atoms with Crippen LogP contribution in [0.4, 0.5) is 0 Å². The molecule has 2 heteroatoms. The fourth-order valence-electron chi connectivity index (χ4n) is 2.94. The van der Waals surface area contributed by atoms with Crippen LogP contribution in [-0.4, -0.2) is 11.5 Å². The van der Waals surface area contributed by atoms with Gasteiger partial charge in [-0.05, 0) is 48.4 Å². The molecule has 1 aromatic carbocycles. The standard InChI is InChI=1S/C17H20N2/c1-2-10-17-14(6-1)7-5-8-15(17)12-18-13-16-9-3-4-11-19-16/h1-4,6,9-11,15,18H,5,7-8,12-13H2. The van der Waals surface area contributed by atoms with Crippen LogP contribution in [0.25, 0.3) is 0 Å². The maximum Gasteiger partial charge on any atom is 0.0541 e. The van der Waals surface area contributed by atoms with E-state index in [0.29, 0.717) is 5.92 Å². The predicted molar refractivity (Wildman–Crippen MR) is 78.1 cm³/mol. The molecule has 1 heterocycles. The number of aryl methyl sites for hydroxylation is 1. The first kappa shape index (κ1) is 12.4. The molecule has 0 amide bonds. The van der Waals surface area contributed by atoms with Gasteiger partial charge < -0.3 is 5.32 Å². The lowest BCUT2D eigenvalue weighted by atomic mass is 9.83. The van der Waals surface area contributed by atoms with Gasteiger partial charge in [0.15, 0.2) is 0 Å². The molecule has 1 N–H and O–H groups in total. The Bertz CT molecular complexity index is 522. The molecular formula is C17H20N2. The molecule has 0 aliphatic heterocycles. The van der Waals surface area contributed by atoms with Crippen molar-refractivity contribution in [3.8, 4) is 0 Å². The number of fused-ring (bicyclic) bond motifs is 1. The van der Waals surface area contributed by atoms with Gasteiger partial charge in [0.1, 0.15) is 0 Å². The minimum atomic E-state index is 0.661. The summed E-state index contributed by atoms with van der Waals surface area (Å²) in [5, 5.41) is 3.55. The average molecular weight is 252 g/mol. The first-order chi connectivity index (χ1) is 9.43. The molecule has 0 saturated heterocycles. The van der Waals surface area contributed by atoms with Crippen LogP contribution in [0.3, 0.4) is 0 Å². The van der Waals surface area contributed by atoms with E-state index in [1.165, 1.54) is 19.3 Å². The molecular weight excluding hydrogens is 232 g/mol. The van der Waals surface area contributed by atoms with E-state index in [2.05, 4.69) is 40.6 Å². The van der Waals surface area contributed by atoms with E-state index in [9.17, 15) is 0 Å². The van der Waals surface area contributed by atoms with Gasteiger partial charge in [-0.3, -0.25) is 4.98 Å². The number of nitrogens with one attached hydrogen (secondary N) is 1. The second-order valence-corrected chi connectivity index (χ2v) is 5.24. The Kier molecular flexibility index (Phi) is 3.89. The third-order valence-corrected chi connectivity index (χ3v) is 3.92. The van der Waals surface area contributed by atoms with Crippen LogP contribution in [-0.2, 0) is 13.0 Å². The Morgan fingerprint density at radius 2 is 2.00 bits per heavy atom. The maximum atomic E-state index is 4.34. The summed E-state index contributed by atoms with van der Waals surface area (Å²) < 4.78 is 0. The lowest BCUT2D eigenvalue weighted by Gasteiger charge is -2.25. The predicted octanol–water partition coefficient (Wildman–Crippen LogP) is 3.29. The Labute approximate surface area is 114 Å². The van der Waals surface area contributed by atoms with Crippen LogP contribution in [0.15, 0.2) is 48.7 Å². The van der Waals surface area contributed by atoms with Gasteiger partial charge in [-0.25, -0.2) is 0 Å². The van der Waals surface area contributed by atoms with Crippen molar-refractivity contribution in [2.45, 2.75) is 31.7 Å². The highest BCUT2D eigenvalue weighted by molar-refractivity contribution is 5.32. The van der Waals surface area contributed by atoms with E-state index in [-0.39, 0.29) is 0 Å². The maximum absolute atomic E-state index is 4.34. The second-order valence-electron chi connectivity index (χ2n) is 5.24. The Morgan fingerprint density at radius 1 is 1.11 bits per heavy atom. The zero-order valence-corrected chi connectivity index (χ0v) is 11.2. The number of nitrogens with zero attached hydrogens (tertiary/aromatic N) is 1. The smallest absolute Gasteiger partial charge is 0.0541 e. The topological polar surface area (TPSA) is 24.9 Å². The van der Waals surface area contributed by atoms with Gasteiger partial charge in [0.2, 0.25) is 0 Å². The van der Waals surface area contributed by atoms with Crippen LogP contribution in [0.5, 0.6) is 0 Å². The second kappa shape index (κ2) is 5.98. The fourth-order valence-corrected chi connectivity index (χ4v) is 2.94. The zero-order valence-electron chi connectivity index (χ0n) is 11.2. The molecule has 2 nitrogen and oxygen atoms in total. The van der Waals surface area contributed by atoms with E-state index < -0.39 is 0 Å². The first-order valence-corrected chi connectivity index (χ1v) is 7.12. The quantitative estimate of drug-likeness (QED) is 0.903. The highest BCUT2D eigenvalue weighted by Gasteiger charge is 2.18. The Balaban J connectivity index is 1.59. The molecule has 1 aliphatic carbocycles. The highest BCUT2D eigenvalue weighted by atomic mass is 14.9. The number of pyridine rings is 1. The van der Waals surface area contributed by atoms with Crippen molar-refractivity contribution in [3.05, 3.63) is 65.5 Å². The van der Waals surface area contributed by atoms with Gasteiger partial charge in [0.05, 0.1) is 5.69 Å². The molecule has 19 heavy (non-hydrogen) atoms. The van der Waals surface area contributed by atoms with Crippen LogP contribution in [0, 0.1) is 0 Å². The molecule has 0 saturated carbocycles. The van der Waals surface area contributed by atoms with Crippen molar-refractivity contribution in [2.24, 2.45) is 0 Å². The molecule has 0 radical (unpaired) electrons. The third-order valence-electron chi connectivity index (χ3n) is 3.92. The number of rotatable bonds is 4. The van der Waals surface area contributed by atoms with Crippen molar-refractivity contribution in [2.75, 3.05) is 6.54 Å². The summed E-state index contributed by atoms with van der Waals surface area (Å²) in [6.45, 7) is 1.91. The van der Waals surface area contributed by atoms with E-state index >= 15 is 0 Å². The van der Waals surface area contributed by atoms with E-state index in [0.717, 1.165) is 18.8 Å². The van der Waals surface area contributed by atoms with E-state index in [4.69, 9.17) is 0 Å². The Hall–Kier alpha value is -1.67. The lowest BCUT2D eigenvalue weighted by molar-refractivity contribution is 0.505. The number of hydrogen-bond acceptors (Lipinski definition) is 2. The van der Waals surface area contributed by atoms with Gasteiger partial charge in [-0.1, -0.05) is 30.3 Å². The minimum Gasteiger partial charge on any atom is -0.311 e. The molecule has 1 unspecified atom stereocenters. The van der Waals surface area contributed by atoms with Crippen molar-refractivity contribution < 1.29 is 0 Å². The molecule has 0 spiro atoms. The van der Waals surface area contributed by atoms with Crippen molar-refractivity contribution in [1.29, 1.82) is 0 Å². The van der Waals surface area contributed by atoms with Crippen LogP contribution in [0.2, 0.25) is 0 Å². The molecule has 1 aliphatic rings. The van der Waals surface area contributed by atoms with Gasteiger partial charge >= 0.3 is 0 Å². The molecule has 0 fully saturated rings. The molecule has 0 bridgehead atoms. The van der Waals surface area contributed by atoms with Crippen molar-refractivity contribution >= 4 is 0 Å². The van der Waals surface area contributed by atoms with E-state index in [1.807, 2.05) is 18.3 Å². The number of aromatic nitrogens is 1. The van der Waals surface area contributed by atoms with E-state index in [1.54, 1.807) is 11.1 Å². The summed E-state index contributed by atoms with van der Waals surface area (Å²) in [7, 11) is 0. The largest absolute Gasteiger partial charge is 0.311 e. The van der Waals surface area contributed by atoms with Crippen LogP contribution >= 0.6 is 0 Å². The van der Waals surface area contributed by atoms with Crippen molar-refractivity contribution in [3.63, 3.8) is 0 Å². The fraction of sp³-hybridized carbons (Fsp3) is 0.353. The van der Waals surface area contributed by atoms with Gasteiger partial charge in [-0.15, -0.1) is 0 Å². The van der Waals surface area contributed by atoms with Crippen LogP contribution < -0.4 is 5.32 Å².